The van der Waals surface area contributed by atoms with Crippen molar-refractivity contribution in [1.29, 1.82) is 0 Å². The van der Waals surface area contributed by atoms with Gasteiger partial charge >= 0.3 is 5.97 Å². The van der Waals surface area contributed by atoms with Crippen molar-refractivity contribution in [2.75, 3.05) is 5.75 Å². The Balaban J connectivity index is 1.70. The molecular formula is C13H8N2O5S. The van der Waals surface area contributed by atoms with Gasteiger partial charge in [-0.25, -0.2) is 9.79 Å². The topological polar surface area (TPSA) is 93.1 Å². The largest absolute Gasteiger partial charge is 0.339 e. The van der Waals surface area contributed by atoms with E-state index in [1.54, 1.807) is 12.1 Å². The third kappa shape index (κ3) is 2.45. The van der Waals surface area contributed by atoms with Crippen LogP contribution in [-0.4, -0.2) is 39.6 Å². The second-order valence-corrected chi connectivity index (χ2v) is 5.33. The average Bonchev–Trinajstić information content (AvgIpc) is 2.97. The van der Waals surface area contributed by atoms with Crippen LogP contribution in [0.3, 0.4) is 0 Å². The minimum Gasteiger partial charge on any atom is -0.329 e. The van der Waals surface area contributed by atoms with E-state index >= 15 is 0 Å². The number of fused-ring (bicyclic) bond motifs is 1. The Bertz CT molecular complexity index is 677. The van der Waals surface area contributed by atoms with Gasteiger partial charge in [0.25, 0.3) is 17.7 Å². The molecule has 7 nitrogen and oxygen atoms in total. The third-order valence-electron chi connectivity index (χ3n) is 2.86. The van der Waals surface area contributed by atoms with E-state index in [-0.39, 0.29) is 29.2 Å². The highest BCUT2D eigenvalue weighted by molar-refractivity contribution is 8.15. The van der Waals surface area contributed by atoms with Crippen LogP contribution >= 0.6 is 11.8 Å². The first-order valence-corrected chi connectivity index (χ1v) is 6.96. The number of carbonyl (C=O) groups is 4. The van der Waals surface area contributed by atoms with Gasteiger partial charge in [0.2, 0.25) is 0 Å². The Hall–Kier alpha value is -2.48. The summed E-state index contributed by atoms with van der Waals surface area (Å²) in [6, 6.07) is 6.20. The van der Waals surface area contributed by atoms with Crippen LogP contribution in [-0.2, 0) is 14.4 Å². The lowest BCUT2D eigenvalue weighted by Gasteiger charge is -2.12. The first kappa shape index (κ1) is 13.5. The smallest absolute Gasteiger partial charge is 0.329 e. The highest BCUT2D eigenvalue weighted by Crippen LogP contribution is 2.23. The van der Waals surface area contributed by atoms with E-state index in [1.165, 1.54) is 12.1 Å². The number of imide groups is 1. The molecule has 0 N–H and O–H groups in total. The molecule has 106 valence electrons. The number of hydrogen-bond donors (Lipinski definition) is 0. The van der Waals surface area contributed by atoms with Gasteiger partial charge in [-0.2, -0.15) is 0 Å². The maximum absolute atomic E-state index is 12.0. The summed E-state index contributed by atoms with van der Waals surface area (Å²) in [4.78, 5) is 55.1. The van der Waals surface area contributed by atoms with Crippen molar-refractivity contribution in [2.24, 2.45) is 4.99 Å². The summed E-state index contributed by atoms with van der Waals surface area (Å²) in [5.74, 6) is -2.30. The van der Waals surface area contributed by atoms with Gasteiger partial charge < -0.3 is 4.84 Å². The Labute approximate surface area is 122 Å². The molecule has 1 aromatic carbocycles. The number of aliphatic imine (C=N–C) groups is 1. The minimum absolute atomic E-state index is 0.190. The van der Waals surface area contributed by atoms with Crippen molar-refractivity contribution in [3.63, 3.8) is 0 Å². The number of nitrogens with zero attached hydrogens (tertiary/aromatic N) is 2. The lowest BCUT2D eigenvalue weighted by molar-refractivity contribution is -0.166. The number of hydrogen-bond acceptors (Lipinski definition) is 6. The molecule has 0 aromatic heterocycles. The molecule has 0 aliphatic carbocycles. The minimum atomic E-state index is -0.814. The molecule has 0 bridgehead atoms. The van der Waals surface area contributed by atoms with Crippen molar-refractivity contribution < 1.29 is 24.0 Å². The number of hydroxylamine groups is 2. The van der Waals surface area contributed by atoms with Gasteiger partial charge in [-0.1, -0.05) is 17.2 Å². The zero-order valence-electron chi connectivity index (χ0n) is 10.6. The van der Waals surface area contributed by atoms with Crippen LogP contribution in [0.1, 0.15) is 27.1 Å². The summed E-state index contributed by atoms with van der Waals surface area (Å²) in [5.41, 5.74) is 0.385. The summed E-state index contributed by atoms with van der Waals surface area (Å²) in [6.45, 7) is 0. The van der Waals surface area contributed by atoms with E-state index in [9.17, 15) is 19.2 Å². The molecule has 2 aliphatic rings. The predicted molar refractivity (Wildman–Crippen MR) is 72.6 cm³/mol. The molecule has 0 radical (unpaired) electrons. The standard InChI is InChI=1S/C13H8N2O5S/c16-9-6-21-10(14-9)5-11(17)20-15-12(18)7-3-1-2-4-8(7)13(15)19/h1-4H,5-6H2. The van der Waals surface area contributed by atoms with E-state index in [4.69, 9.17) is 4.84 Å². The van der Waals surface area contributed by atoms with Gasteiger partial charge in [-0.15, -0.1) is 11.8 Å². The Morgan fingerprint density at radius 3 is 2.33 bits per heavy atom. The molecule has 0 fully saturated rings. The molecule has 8 heteroatoms. The number of carbonyl (C=O) groups excluding carboxylic acids is 4. The molecule has 0 unspecified atom stereocenters. The quantitative estimate of drug-likeness (QED) is 0.767. The molecule has 2 heterocycles. The predicted octanol–water partition coefficient (Wildman–Crippen LogP) is 0.803. The maximum Gasteiger partial charge on any atom is 0.339 e. The second kappa shape index (κ2) is 5.13. The number of rotatable bonds is 3. The fourth-order valence-corrected chi connectivity index (χ4v) is 2.69. The zero-order chi connectivity index (χ0) is 15.0. The normalized spacial score (nSPS) is 17.0. The van der Waals surface area contributed by atoms with Crippen molar-refractivity contribution in [2.45, 2.75) is 6.42 Å². The van der Waals surface area contributed by atoms with Crippen LogP contribution < -0.4 is 0 Å². The van der Waals surface area contributed by atoms with Gasteiger partial charge in [0.1, 0.15) is 0 Å². The summed E-state index contributed by atoms with van der Waals surface area (Å²) < 4.78 is 0. The molecule has 0 atom stereocenters. The van der Waals surface area contributed by atoms with Gasteiger partial charge in [0, 0.05) is 0 Å². The molecule has 3 rings (SSSR count). The monoisotopic (exact) mass is 304 g/mol. The number of thioether (sulfide) groups is 1. The van der Waals surface area contributed by atoms with Crippen LogP contribution in [0.25, 0.3) is 0 Å². The molecule has 2 aliphatic heterocycles. The second-order valence-electron chi connectivity index (χ2n) is 4.28. The average molecular weight is 304 g/mol. The molecule has 0 spiro atoms. The van der Waals surface area contributed by atoms with Crippen molar-refractivity contribution in [1.82, 2.24) is 5.06 Å². The summed E-state index contributed by atoms with van der Waals surface area (Å²) in [5, 5.41) is 0.760. The van der Waals surface area contributed by atoms with Crippen LogP contribution in [0.5, 0.6) is 0 Å². The van der Waals surface area contributed by atoms with Gasteiger partial charge in [-0.3, -0.25) is 14.4 Å². The Kier molecular flexibility index (Phi) is 3.30. The molecular weight excluding hydrogens is 296 g/mol. The Morgan fingerprint density at radius 2 is 1.81 bits per heavy atom. The van der Waals surface area contributed by atoms with E-state index in [0.29, 0.717) is 10.1 Å². The first-order chi connectivity index (χ1) is 10.1. The fourth-order valence-electron chi connectivity index (χ4n) is 1.95. The van der Waals surface area contributed by atoms with E-state index in [1.807, 2.05) is 0 Å². The van der Waals surface area contributed by atoms with Crippen LogP contribution in [0.15, 0.2) is 29.3 Å². The summed E-state index contributed by atoms with van der Waals surface area (Å²) in [7, 11) is 0. The van der Waals surface area contributed by atoms with Crippen molar-refractivity contribution in [3.8, 4) is 0 Å². The van der Waals surface area contributed by atoms with Crippen LogP contribution in [0, 0.1) is 0 Å². The lowest BCUT2D eigenvalue weighted by atomic mass is 10.1. The molecule has 0 saturated heterocycles. The molecule has 21 heavy (non-hydrogen) atoms. The van der Waals surface area contributed by atoms with Gasteiger partial charge in [-0.05, 0) is 12.1 Å². The molecule has 0 saturated carbocycles. The van der Waals surface area contributed by atoms with Crippen molar-refractivity contribution >= 4 is 40.5 Å². The van der Waals surface area contributed by atoms with Gasteiger partial charge in [0.05, 0.1) is 28.3 Å². The van der Waals surface area contributed by atoms with E-state index in [0.717, 1.165) is 11.8 Å². The lowest BCUT2D eigenvalue weighted by Crippen LogP contribution is -2.33. The SMILES string of the molecule is O=C1CSC(CC(=O)ON2C(=O)c3ccccc3C2=O)=N1. The van der Waals surface area contributed by atoms with E-state index in [2.05, 4.69) is 4.99 Å². The molecule has 3 amide bonds. The van der Waals surface area contributed by atoms with Crippen LogP contribution in [0.4, 0.5) is 0 Å². The van der Waals surface area contributed by atoms with E-state index < -0.39 is 17.8 Å². The van der Waals surface area contributed by atoms with Gasteiger partial charge in [0.15, 0.2) is 0 Å². The number of amides is 3. The van der Waals surface area contributed by atoms with Crippen LogP contribution in [0.2, 0.25) is 0 Å². The summed E-state index contributed by atoms with van der Waals surface area (Å²) >= 11 is 1.14. The molecule has 1 aromatic rings. The third-order valence-corrected chi connectivity index (χ3v) is 3.82. The number of benzene rings is 1. The maximum atomic E-state index is 12.0. The highest BCUT2D eigenvalue weighted by Gasteiger charge is 2.38. The Morgan fingerprint density at radius 1 is 1.19 bits per heavy atom. The summed E-state index contributed by atoms with van der Waals surface area (Å²) in [6.07, 6.45) is -0.246. The zero-order valence-corrected chi connectivity index (χ0v) is 11.4. The fraction of sp³-hybridized carbons (Fsp3) is 0.154. The highest BCUT2D eigenvalue weighted by atomic mass is 32.2. The van der Waals surface area contributed by atoms with Crippen molar-refractivity contribution in [3.05, 3.63) is 35.4 Å². The first-order valence-electron chi connectivity index (χ1n) is 5.98.